The average Bonchev–Trinajstić information content (AvgIpc) is 2.75. The van der Waals surface area contributed by atoms with Crippen molar-refractivity contribution in [1.82, 2.24) is 0 Å². The normalized spacial score (nSPS) is 11.6. The number of benzene rings is 1. The molecule has 0 spiro atoms. The van der Waals surface area contributed by atoms with Crippen molar-refractivity contribution < 1.29 is 14.6 Å². The van der Waals surface area contributed by atoms with E-state index < -0.39 is 5.60 Å². The number of rotatable bonds is 20. The monoisotopic (exact) mass is 432 g/mol. The van der Waals surface area contributed by atoms with E-state index in [0.717, 1.165) is 18.8 Å². The number of Topliss-reactive ketones (excluding diaryl/α,β-unsaturated/α-hetero) is 1. The Hall–Kier alpha value is -1.35. The summed E-state index contributed by atoms with van der Waals surface area (Å²) in [4.78, 5) is 12.0. The van der Waals surface area contributed by atoms with Crippen molar-refractivity contribution in [3.8, 4) is 5.75 Å². The highest BCUT2D eigenvalue weighted by Gasteiger charge is 2.24. The topological polar surface area (TPSA) is 46.5 Å². The van der Waals surface area contributed by atoms with E-state index in [0.29, 0.717) is 5.56 Å². The highest BCUT2D eigenvalue weighted by Crippen LogP contribution is 2.18. The third-order valence-electron chi connectivity index (χ3n) is 5.94. The number of carbonyl (C=O) groups excluding carboxylic acids is 1. The van der Waals surface area contributed by atoms with E-state index >= 15 is 0 Å². The maximum absolute atomic E-state index is 12.0. The van der Waals surface area contributed by atoms with Gasteiger partial charge in [-0.2, -0.15) is 0 Å². The van der Waals surface area contributed by atoms with Crippen molar-refractivity contribution in [2.24, 2.45) is 0 Å². The quantitative estimate of drug-likeness (QED) is 0.166. The number of carbonyl (C=O) groups is 1. The molecule has 31 heavy (non-hydrogen) atoms. The zero-order valence-corrected chi connectivity index (χ0v) is 20.6. The summed E-state index contributed by atoms with van der Waals surface area (Å²) in [5.74, 6) is 0.519. The second-order valence-corrected chi connectivity index (χ2v) is 9.56. The molecule has 0 aliphatic rings. The standard InChI is InChI=1S/C28H48O3/c1-4-5-6-7-8-9-10-11-12-13-14-15-16-17-18-19-24-31-26-22-20-25(21-23-26)27(29)28(2,3)30/h20-23,30H,4-19,24H2,1-3H3. The first-order valence-electron chi connectivity index (χ1n) is 12.9. The van der Waals surface area contributed by atoms with Crippen LogP contribution in [0.5, 0.6) is 5.75 Å². The summed E-state index contributed by atoms with van der Waals surface area (Å²) >= 11 is 0. The predicted molar refractivity (Wildman–Crippen MR) is 132 cm³/mol. The van der Waals surface area contributed by atoms with Crippen molar-refractivity contribution in [3.05, 3.63) is 29.8 Å². The lowest BCUT2D eigenvalue weighted by Crippen LogP contribution is -2.30. The van der Waals surface area contributed by atoms with Gasteiger partial charge in [-0.25, -0.2) is 0 Å². The van der Waals surface area contributed by atoms with Crippen LogP contribution in [0.2, 0.25) is 0 Å². The van der Waals surface area contributed by atoms with Crippen LogP contribution >= 0.6 is 0 Å². The molecule has 0 unspecified atom stereocenters. The van der Waals surface area contributed by atoms with Crippen molar-refractivity contribution in [3.63, 3.8) is 0 Å². The first-order chi connectivity index (χ1) is 14.9. The molecule has 0 saturated carbocycles. The Balaban J connectivity index is 1.89. The summed E-state index contributed by atoms with van der Waals surface area (Å²) in [5, 5.41) is 9.79. The van der Waals surface area contributed by atoms with Gasteiger partial charge in [0.15, 0.2) is 5.78 Å². The molecule has 0 bridgehead atoms. The van der Waals surface area contributed by atoms with Crippen LogP contribution in [-0.2, 0) is 0 Å². The smallest absolute Gasteiger partial charge is 0.193 e. The second kappa shape index (κ2) is 17.2. The van der Waals surface area contributed by atoms with Gasteiger partial charge in [0.25, 0.3) is 0 Å². The molecule has 1 aromatic rings. The molecule has 0 aliphatic heterocycles. The molecule has 0 atom stereocenters. The molecular weight excluding hydrogens is 384 g/mol. The minimum atomic E-state index is -1.34. The van der Waals surface area contributed by atoms with Gasteiger partial charge in [0.2, 0.25) is 0 Å². The minimum absolute atomic E-state index is 0.267. The van der Waals surface area contributed by atoms with E-state index in [1.807, 2.05) is 12.1 Å². The average molecular weight is 433 g/mol. The Labute approximate surface area is 192 Å². The summed E-state index contributed by atoms with van der Waals surface area (Å²) in [7, 11) is 0. The zero-order valence-electron chi connectivity index (χ0n) is 20.6. The number of hydrogen-bond acceptors (Lipinski definition) is 3. The van der Waals surface area contributed by atoms with Gasteiger partial charge in [-0.15, -0.1) is 0 Å². The van der Waals surface area contributed by atoms with Crippen molar-refractivity contribution in [1.29, 1.82) is 0 Å². The van der Waals surface area contributed by atoms with Crippen molar-refractivity contribution in [2.75, 3.05) is 6.61 Å². The van der Waals surface area contributed by atoms with Gasteiger partial charge >= 0.3 is 0 Å². The largest absolute Gasteiger partial charge is 0.494 e. The molecule has 1 N–H and O–H groups in total. The summed E-state index contributed by atoms with van der Waals surface area (Å²) in [6.07, 6.45) is 21.9. The van der Waals surface area contributed by atoms with E-state index in [9.17, 15) is 9.90 Å². The number of ketones is 1. The van der Waals surface area contributed by atoms with E-state index in [2.05, 4.69) is 6.92 Å². The molecule has 0 heterocycles. The maximum Gasteiger partial charge on any atom is 0.193 e. The number of ether oxygens (including phenoxy) is 1. The molecule has 0 fully saturated rings. The predicted octanol–water partition coefficient (Wildman–Crippen LogP) is 8.28. The van der Waals surface area contributed by atoms with E-state index in [1.165, 1.54) is 110 Å². The molecule has 3 nitrogen and oxygen atoms in total. The Morgan fingerprint density at radius 3 is 1.48 bits per heavy atom. The lowest BCUT2D eigenvalue weighted by atomic mass is 9.97. The number of hydrogen-bond donors (Lipinski definition) is 1. The minimum Gasteiger partial charge on any atom is -0.494 e. The summed E-state index contributed by atoms with van der Waals surface area (Å²) in [5.41, 5.74) is -0.821. The molecule has 0 amide bonds. The fraction of sp³-hybridized carbons (Fsp3) is 0.750. The van der Waals surface area contributed by atoms with Gasteiger partial charge in [0.1, 0.15) is 11.4 Å². The molecule has 0 aromatic heterocycles. The van der Waals surface area contributed by atoms with E-state index in [-0.39, 0.29) is 5.78 Å². The van der Waals surface area contributed by atoms with E-state index in [4.69, 9.17) is 4.74 Å². The van der Waals surface area contributed by atoms with Crippen LogP contribution in [0.3, 0.4) is 0 Å². The summed E-state index contributed by atoms with van der Waals surface area (Å²) in [6, 6.07) is 7.07. The van der Waals surface area contributed by atoms with Crippen LogP contribution in [0.1, 0.15) is 134 Å². The molecular formula is C28H48O3. The number of unbranched alkanes of at least 4 members (excludes halogenated alkanes) is 15. The van der Waals surface area contributed by atoms with Crippen LogP contribution in [0, 0.1) is 0 Å². The lowest BCUT2D eigenvalue weighted by molar-refractivity contribution is 0.0488. The highest BCUT2D eigenvalue weighted by atomic mass is 16.5. The molecule has 3 heteroatoms. The molecule has 1 rings (SSSR count). The third kappa shape index (κ3) is 14.4. The number of aliphatic hydroxyl groups is 1. The first-order valence-corrected chi connectivity index (χ1v) is 12.9. The van der Waals surface area contributed by atoms with Crippen LogP contribution in [0.4, 0.5) is 0 Å². The molecule has 0 saturated heterocycles. The Morgan fingerprint density at radius 2 is 1.10 bits per heavy atom. The highest BCUT2D eigenvalue weighted by molar-refractivity contribution is 6.01. The molecule has 1 aromatic carbocycles. The zero-order chi connectivity index (χ0) is 22.8. The molecule has 178 valence electrons. The van der Waals surface area contributed by atoms with Crippen LogP contribution < -0.4 is 4.74 Å². The van der Waals surface area contributed by atoms with Gasteiger partial charge in [-0.05, 0) is 44.5 Å². The van der Waals surface area contributed by atoms with Gasteiger partial charge in [0.05, 0.1) is 6.61 Å². The SMILES string of the molecule is CCCCCCCCCCCCCCCCCCOc1ccc(C(=O)C(C)(C)O)cc1. The summed E-state index contributed by atoms with van der Waals surface area (Å²) in [6.45, 7) is 6.02. The Bertz CT molecular complexity index is 557. The van der Waals surface area contributed by atoms with Crippen molar-refractivity contribution in [2.45, 2.75) is 129 Å². The van der Waals surface area contributed by atoms with Crippen LogP contribution in [-0.4, -0.2) is 23.1 Å². The fourth-order valence-electron chi connectivity index (χ4n) is 3.90. The Morgan fingerprint density at radius 1 is 0.710 bits per heavy atom. The van der Waals surface area contributed by atoms with Crippen LogP contribution in [0.15, 0.2) is 24.3 Å². The Kier molecular flexibility index (Phi) is 15.4. The molecule has 0 aliphatic carbocycles. The summed E-state index contributed by atoms with van der Waals surface area (Å²) < 4.78 is 5.77. The van der Waals surface area contributed by atoms with Gasteiger partial charge in [-0.1, -0.05) is 103 Å². The lowest BCUT2D eigenvalue weighted by Gasteiger charge is -2.15. The van der Waals surface area contributed by atoms with Crippen LogP contribution in [0.25, 0.3) is 0 Å². The van der Waals surface area contributed by atoms with Gasteiger partial charge in [-0.3, -0.25) is 4.79 Å². The van der Waals surface area contributed by atoms with Crippen molar-refractivity contribution >= 4 is 5.78 Å². The van der Waals surface area contributed by atoms with Gasteiger partial charge < -0.3 is 9.84 Å². The van der Waals surface area contributed by atoms with E-state index in [1.54, 1.807) is 12.1 Å². The maximum atomic E-state index is 12.0. The second-order valence-electron chi connectivity index (χ2n) is 9.56. The molecule has 0 radical (unpaired) electrons. The fourth-order valence-corrected chi connectivity index (χ4v) is 3.90. The first kappa shape index (κ1) is 27.7. The van der Waals surface area contributed by atoms with Gasteiger partial charge in [0, 0.05) is 5.56 Å². The third-order valence-corrected chi connectivity index (χ3v) is 5.94.